The second kappa shape index (κ2) is 3.17. The molecule has 2 heterocycles. The summed E-state index contributed by atoms with van der Waals surface area (Å²) in [4.78, 5) is 24.3. The third-order valence-corrected chi connectivity index (χ3v) is 5.99. The van der Waals surface area contributed by atoms with Gasteiger partial charge in [0, 0.05) is 5.92 Å². The van der Waals surface area contributed by atoms with Crippen molar-refractivity contribution >= 4 is 11.8 Å². The lowest BCUT2D eigenvalue weighted by Gasteiger charge is -2.48. The number of carbonyl (C=O) groups excluding carboxylic acids is 2. The van der Waals surface area contributed by atoms with E-state index in [0.29, 0.717) is 6.42 Å². The first-order valence-corrected chi connectivity index (χ1v) is 7.09. The molecule has 0 aromatic heterocycles. The molecule has 2 aliphatic heterocycles. The van der Waals surface area contributed by atoms with Crippen molar-refractivity contribution in [3.8, 4) is 0 Å². The molecule has 1 N–H and O–H groups in total. The highest BCUT2D eigenvalue weighted by Gasteiger charge is 2.85. The maximum absolute atomic E-state index is 12.4. The van der Waals surface area contributed by atoms with E-state index >= 15 is 0 Å². The van der Waals surface area contributed by atoms with Gasteiger partial charge in [-0.3, -0.25) is 9.59 Å². The summed E-state index contributed by atoms with van der Waals surface area (Å²) < 4.78 is 11.5. The minimum atomic E-state index is -0.832. The van der Waals surface area contributed by atoms with E-state index in [0.717, 1.165) is 0 Å². The topological polar surface area (TPSA) is 76.1 Å². The highest BCUT2D eigenvalue weighted by Crippen LogP contribution is 2.70. The van der Waals surface area contributed by atoms with Crippen LogP contribution in [-0.2, 0) is 19.1 Å². The van der Waals surface area contributed by atoms with E-state index in [9.17, 15) is 14.7 Å². The summed E-state index contributed by atoms with van der Waals surface area (Å²) in [7, 11) is 0. The maximum atomic E-state index is 12.4. The molecule has 1 saturated carbocycles. The first-order valence-electron chi connectivity index (χ1n) is 7.09. The van der Waals surface area contributed by atoms with Gasteiger partial charge >= 0.3 is 5.97 Å². The second-order valence-corrected chi connectivity index (χ2v) is 6.97. The Balaban J connectivity index is 1.90. The highest BCUT2D eigenvalue weighted by atomic mass is 16.7. The van der Waals surface area contributed by atoms with Gasteiger partial charge in [-0.05, 0) is 32.4 Å². The van der Waals surface area contributed by atoms with Gasteiger partial charge in [0.2, 0.25) is 0 Å². The molecular weight excluding hydrogens is 260 g/mol. The molecule has 7 atom stereocenters. The standard InChI is InChI=1S/C15H18O5/c1-7-10-8(16)6-13(2)9(17)4-5-14(3)15(13,20-14)11(10)19-12(7)18/h4-5,7-8,10-11,16H,6H2,1-3H3. The van der Waals surface area contributed by atoms with E-state index in [1.165, 1.54) is 0 Å². The van der Waals surface area contributed by atoms with Crippen LogP contribution >= 0.6 is 0 Å². The third kappa shape index (κ3) is 1.03. The minimum absolute atomic E-state index is 0.0550. The van der Waals surface area contributed by atoms with Crippen LogP contribution in [0.3, 0.4) is 0 Å². The Morgan fingerprint density at radius 3 is 2.75 bits per heavy atom. The predicted molar refractivity (Wildman–Crippen MR) is 67.6 cm³/mol. The van der Waals surface area contributed by atoms with Gasteiger partial charge in [0.1, 0.15) is 11.7 Å². The lowest BCUT2D eigenvalue weighted by Crippen LogP contribution is -2.63. The molecule has 5 heteroatoms. The van der Waals surface area contributed by atoms with Crippen molar-refractivity contribution < 1.29 is 24.2 Å². The monoisotopic (exact) mass is 278 g/mol. The fourth-order valence-electron chi connectivity index (χ4n) is 4.81. The summed E-state index contributed by atoms with van der Waals surface area (Å²) in [6, 6.07) is 0. The van der Waals surface area contributed by atoms with Gasteiger partial charge in [-0.2, -0.15) is 0 Å². The van der Waals surface area contributed by atoms with Crippen LogP contribution < -0.4 is 0 Å². The Labute approximate surface area is 116 Å². The second-order valence-electron chi connectivity index (χ2n) is 6.97. The van der Waals surface area contributed by atoms with Crippen LogP contribution in [0.15, 0.2) is 12.2 Å². The zero-order valence-electron chi connectivity index (χ0n) is 11.8. The quantitative estimate of drug-likeness (QED) is 0.519. The van der Waals surface area contributed by atoms with Gasteiger partial charge < -0.3 is 14.6 Å². The Morgan fingerprint density at radius 1 is 1.35 bits per heavy atom. The van der Waals surface area contributed by atoms with Crippen molar-refractivity contribution in [3.05, 3.63) is 12.2 Å². The smallest absolute Gasteiger partial charge is 0.309 e. The molecule has 0 amide bonds. The van der Waals surface area contributed by atoms with Crippen molar-refractivity contribution in [2.45, 2.75) is 50.6 Å². The van der Waals surface area contributed by atoms with Gasteiger partial charge in [0.15, 0.2) is 11.4 Å². The number of allylic oxidation sites excluding steroid dienone is 1. The molecule has 1 spiro atoms. The first kappa shape index (κ1) is 12.5. The fourth-order valence-corrected chi connectivity index (χ4v) is 4.81. The molecular formula is C15H18O5. The van der Waals surface area contributed by atoms with Crippen LogP contribution in [0, 0.1) is 17.3 Å². The average molecular weight is 278 g/mol. The summed E-state index contributed by atoms with van der Waals surface area (Å²) in [5.41, 5.74) is -2.22. The zero-order valence-corrected chi connectivity index (χ0v) is 11.8. The fraction of sp³-hybridized carbons (Fsp3) is 0.733. The van der Waals surface area contributed by atoms with Crippen LogP contribution in [0.1, 0.15) is 27.2 Å². The molecule has 2 aliphatic carbocycles. The summed E-state index contributed by atoms with van der Waals surface area (Å²) >= 11 is 0. The Bertz CT molecular complexity index is 569. The molecule has 2 saturated heterocycles. The van der Waals surface area contributed by atoms with Crippen molar-refractivity contribution in [2.24, 2.45) is 17.3 Å². The van der Waals surface area contributed by atoms with Crippen molar-refractivity contribution in [1.82, 2.24) is 0 Å². The molecule has 5 nitrogen and oxygen atoms in total. The summed E-state index contributed by atoms with van der Waals surface area (Å²) in [6.07, 6.45) is 2.35. The van der Waals surface area contributed by atoms with E-state index in [-0.39, 0.29) is 23.6 Å². The van der Waals surface area contributed by atoms with Crippen LogP contribution in [0.4, 0.5) is 0 Å². The molecule has 0 aromatic carbocycles. The summed E-state index contributed by atoms with van der Waals surface area (Å²) in [6.45, 7) is 5.51. The summed E-state index contributed by atoms with van der Waals surface area (Å²) in [5.74, 6) is -1.02. The molecule has 0 bridgehead atoms. The number of rotatable bonds is 0. The van der Waals surface area contributed by atoms with Gasteiger partial charge in [0.25, 0.3) is 0 Å². The number of carbonyl (C=O) groups is 2. The molecule has 4 rings (SSSR count). The Kier molecular flexibility index (Phi) is 1.99. The normalized spacial score (nSPS) is 59.6. The number of hydrogen-bond acceptors (Lipinski definition) is 5. The van der Waals surface area contributed by atoms with Crippen molar-refractivity contribution in [1.29, 1.82) is 0 Å². The lowest BCUT2D eigenvalue weighted by atomic mass is 9.53. The van der Waals surface area contributed by atoms with E-state index in [1.807, 2.05) is 13.8 Å². The number of ketones is 1. The Hall–Kier alpha value is -1.20. The zero-order chi connectivity index (χ0) is 14.5. The molecule has 20 heavy (non-hydrogen) atoms. The largest absolute Gasteiger partial charge is 0.458 e. The summed E-state index contributed by atoms with van der Waals surface area (Å²) in [5, 5.41) is 10.4. The van der Waals surface area contributed by atoms with Gasteiger partial charge in [-0.1, -0.05) is 6.92 Å². The predicted octanol–water partition coefficient (Wildman–Crippen LogP) is 0.602. The number of aliphatic hydroxyl groups is 1. The van der Waals surface area contributed by atoms with Crippen molar-refractivity contribution in [3.63, 3.8) is 0 Å². The molecule has 4 aliphatic rings. The molecule has 108 valence electrons. The van der Waals surface area contributed by atoms with Crippen LogP contribution in [0.25, 0.3) is 0 Å². The molecule has 7 unspecified atom stereocenters. The molecule has 0 radical (unpaired) electrons. The number of ether oxygens (including phenoxy) is 2. The van der Waals surface area contributed by atoms with Crippen molar-refractivity contribution in [2.75, 3.05) is 0 Å². The SMILES string of the molecule is CC1C(=O)OC2C1C(O)CC1(C)C(=O)C=CC3(C)OC231. The van der Waals surface area contributed by atoms with Crippen LogP contribution in [0.2, 0.25) is 0 Å². The third-order valence-electron chi connectivity index (χ3n) is 5.99. The first-order chi connectivity index (χ1) is 9.27. The van der Waals surface area contributed by atoms with Crippen LogP contribution in [-0.4, -0.2) is 40.3 Å². The number of fused-ring (bicyclic) bond motifs is 1. The van der Waals surface area contributed by atoms with E-state index in [2.05, 4.69) is 0 Å². The minimum Gasteiger partial charge on any atom is -0.458 e. The van der Waals surface area contributed by atoms with Gasteiger partial charge in [0.05, 0.1) is 17.4 Å². The highest BCUT2D eigenvalue weighted by molar-refractivity contribution is 5.99. The van der Waals surface area contributed by atoms with Gasteiger partial charge in [-0.15, -0.1) is 0 Å². The molecule has 3 fully saturated rings. The van der Waals surface area contributed by atoms with E-state index in [4.69, 9.17) is 9.47 Å². The van der Waals surface area contributed by atoms with Gasteiger partial charge in [-0.25, -0.2) is 0 Å². The Morgan fingerprint density at radius 2 is 2.05 bits per heavy atom. The number of hydrogen-bond donors (Lipinski definition) is 1. The number of aliphatic hydroxyl groups excluding tert-OH is 1. The van der Waals surface area contributed by atoms with Crippen LogP contribution in [0.5, 0.6) is 0 Å². The number of esters is 1. The van der Waals surface area contributed by atoms with E-state index in [1.54, 1.807) is 19.1 Å². The van der Waals surface area contributed by atoms with E-state index < -0.39 is 28.8 Å². The lowest BCUT2D eigenvalue weighted by molar-refractivity contribution is -0.161. The molecule has 0 aromatic rings. The average Bonchev–Trinajstić information content (AvgIpc) is 2.90. The maximum Gasteiger partial charge on any atom is 0.309 e. The number of epoxide rings is 1.